The van der Waals surface area contributed by atoms with Gasteiger partial charge in [0.05, 0.1) is 12.8 Å². The number of hydrogen-bond acceptors (Lipinski definition) is 4. The Morgan fingerprint density at radius 1 is 1.46 bits per heavy atom. The maximum Gasteiger partial charge on any atom is 0.316 e. The second-order valence-electron chi connectivity index (χ2n) is 3.04. The number of nitrogens with zero attached hydrogens (tertiary/aromatic N) is 2. The number of methoxy groups -OCH3 is 1. The van der Waals surface area contributed by atoms with Gasteiger partial charge in [-0.15, -0.1) is 0 Å². The van der Waals surface area contributed by atoms with E-state index < -0.39 is 0 Å². The molecule has 0 saturated carbocycles. The van der Waals surface area contributed by atoms with Gasteiger partial charge in [0.2, 0.25) is 0 Å². The first kappa shape index (κ1) is 8.16. The lowest BCUT2D eigenvalue weighted by Gasteiger charge is -2.13. The number of rotatable bonds is 1. The molecule has 0 amide bonds. The Labute approximate surface area is 76.0 Å². The summed E-state index contributed by atoms with van der Waals surface area (Å²) in [6, 6.07) is 0.341. The molecule has 1 aromatic rings. The topological polar surface area (TPSA) is 52.1 Å². The van der Waals surface area contributed by atoms with Crippen molar-refractivity contribution in [3.63, 3.8) is 0 Å². The molecule has 2 rings (SSSR count). The van der Waals surface area contributed by atoms with Gasteiger partial charge in [0.1, 0.15) is 5.78 Å². The predicted octanol–water partition coefficient (Wildman–Crippen LogP) is 0.543. The Kier molecular flexibility index (Phi) is 1.96. The molecule has 0 unspecified atom stereocenters. The van der Waals surface area contributed by atoms with E-state index in [1.54, 1.807) is 6.20 Å². The molecule has 1 aliphatic rings. The van der Waals surface area contributed by atoms with Crippen molar-refractivity contribution in [1.29, 1.82) is 0 Å². The molecule has 0 N–H and O–H groups in total. The van der Waals surface area contributed by atoms with Crippen LogP contribution in [0.5, 0.6) is 6.01 Å². The molecule has 0 spiro atoms. The second-order valence-corrected chi connectivity index (χ2v) is 3.04. The first-order chi connectivity index (χ1) is 6.29. The number of fused-ring (bicyclic) bond motifs is 1. The third-order valence-corrected chi connectivity index (χ3v) is 2.15. The lowest BCUT2D eigenvalue weighted by atomic mass is 9.96. The third kappa shape index (κ3) is 1.52. The summed E-state index contributed by atoms with van der Waals surface area (Å²) in [4.78, 5) is 19.2. The molecule has 1 aliphatic carbocycles. The molecule has 0 aromatic carbocycles. The summed E-state index contributed by atoms with van der Waals surface area (Å²) in [5, 5.41) is 0. The SMILES string of the molecule is COc1ncc2c(n1)CC(=O)CC2. The standard InChI is InChI=1S/C9H10N2O2/c1-13-9-10-5-6-2-3-7(12)4-8(6)11-9/h5H,2-4H2,1H3. The highest BCUT2D eigenvalue weighted by Gasteiger charge is 2.17. The van der Waals surface area contributed by atoms with Crippen molar-refractivity contribution in [2.45, 2.75) is 19.3 Å². The quantitative estimate of drug-likeness (QED) is 0.630. The molecule has 0 aliphatic heterocycles. The number of ether oxygens (including phenoxy) is 1. The maximum absolute atomic E-state index is 11.1. The highest BCUT2D eigenvalue weighted by molar-refractivity contribution is 5.82. The molecule has 1 heterocycles. The van der Waals surface area contributed by atoms with E-state index in [1.807, 2.05) is 0 Å². The van der Waals surface area contributed by atoms with Crippen molar-refractivity contribution in [2.75, 3.05) is 7.11 Å². The number of aryl methyl sites for hydroxylation is 1. The Bertz CT molecular complexity index is 349. The van der Waals surface area contributed by atoms with Crippen molar-refractivity contribution >= 4 is 5.78 Å². The van der Waals surface area contributed by atoms with Crippen LogP contribution in [0.1, 0.15) is 17.7 Å². The van der Waals surface area contributed by atoms with Crippen LogP contribution in [-0.4, -0.2) is 22.9 Å². The van der Waals surface area contributed by atoms with Crippen LogP contribution in [-0.2, 0) is 17.6 Å². The van der Waals surface area contributed by atoms with Crippen LogP contribution in [0, 0.1) is 0 Å². The minimum Gasteiger partial charge on any atom is -0.467 e. The van der Waals surface area contributed by atoms with Gasteiger partial charge in [-0.3, -0.25) is 4.79 Å². The van der Waals surface area contributed by atoms with E-state index in [0.29, 0.717) is 18.9 Å². The average molecular weight is 178 g/mol. The number of ketones is 1. The number of hydrogen-bond donors (Lipinski definition) is 0. The zero-order valence-corrected chi connectivity index (χ0v) is 7.41. The summed E-state index contributed by atoms with van der Waals surface area (Å²) < 4.78 is 4.88. The molecular formula is C9H10N2O2. The smallest absolute Gasteiger partial charge is 0.316 e. The molecule has 4 nitrogen and oxygen atoms in total. The monoisotopic (exact) mass is 178 g/mol. The molecule has 0 saturated heterocycles. The molecular weight excluding hydrogens is 168 g/mol. The van der Waals surface area contributed by atoms with Crippen molar-refractivity contribution in [3.05, 3.63) is 17.5 Å². The van der Waals surface area contributed by atoms with E-state index >= 15 is 0 Å². The Morgan fingerprint density at radius 3 is 3.08 bits per heavy atom. The van der Waals surface area contributed by atoms with Gasteiger partial charge >= 0.3 is 6.01 Å². The first-order valence-corrected chi connectivity index (χ1v) is 4.20. The normalized spacial score (nSPS) is 15.3. The van der Waals surface area contributed by atoms with Gasteiger partial charge < -0.3 is 4.74 Å². The average Bonchev–Trinajstić information content (AvgIpc) is 2.16. The van der Waals surface area contributed by atoms with Crippen LogP contribution in [0.2, 0.25) is 0 Å². The molecule has 68 valence electrons. The van der Waals surface area contributed by atoms with Crippen molar-refractivity contribution in [2.24, 2.45) is 0 Å². The molecule has 0 radical (unpaired) electrons. The second kappa shape index (κ2) is 3.12. The lowest BCUT2D eigenvalue weighted by molar-refractivity contribution is -0.118. The van der Waals surface area contributed by atoms with Crippen molar-refractivity contribution in [1.82, 2.24) is 9.97 Å². The van der Waals surface area contributed by atoms with Crippen LogP contribution in [0.4, 0.5) is 0 Å². The fourth-order valence-electron chi connectivity index (χ4n) is 1.43. The summed E-state index contributed by atoms with van der Waals surface area (Å²) in [6.07, 6.45) is 3.54. The van der Waals surface area contributed by atoms with Crippen molar-refractivity contribution < 1.29 is 9.53 Å². The van der Waals surface area contributed by atoms with E-state index in [2.05, 4.69) is 9.97 Å². The summed E-state index contributed by atoms with van der Waals surface area (Å²) in [7, 11) is 1.52. The van der Waals surface area contributed by atoms with Gasteiger partial charge in [-0.05, 0) is 12.0 Å². The van der Waals surface area contributed by atoms with Crippen LogP contribution >= 0.6 is 0 Å². The number of Topliss-reactive ketones (excluding diaryl/α,β-unsaturated/α-hetero) is 1. The van der Waals surface area contributed by atoms with Crippen LogP contribution in [0.15, 0.2) is 6.20 Å². The molecule has 0 atom stereocenters. The first-order valence-electron chi connectivity index (χ1n) is 4.20. The van der Waals surface area contributed by atoms with Gasteiger partial charge in [0.15, 0.2) is 0 Å². The van der Waals surface area contributed by atoms with Gasteiger partial charge in [-0.25, -0.2) is 4.98 Å². The zero-order chi connectivity index (χ0) is 9.26. The fraction of sp³-hybridized carbons (Fsp3) is 0.444. The summed E-state index contributed by atoms with van der Waals surface area (Å²) in [5.41, 5.74) is 1.89. The van der Waals surface area contributed by atoms with Gasteiger partial charge in [0, 0.05) is 19.0 Å². The summed E-state index contributed by atoms with van der Waals surface area (Å²) >= 11 is 0. The molecule has 13 heavy (non-hydrogen) atoms. The molecule has 1 aromatic heterocycles. The summed E-state index contributed by atoms with van der Waals surface area (Å²) in [5.74, 6) is 0.244. The molecule has 0 fully saturated rings. The Morgan fingerprint density at radius 2 is 2.31 bits per heavy atom. The van der Waals surface area contributed by atoms with Crippen LogP contribution < -0.4 is 4.74 Å². The number of aromatic nitrogens is 2. The third-order valence-electron chi connectivity index (χ3n) is 2.15. The van der Waals surface area contributed by atoms with Crippen LogP contribution in [0.3, 0.4) is 0 Å². The van der Waals surface area contributed by atoms with E-state index in [-0.39, 0.29) is 5.78 Å². The van der Waals surface area contributed by atoms with E-state index in [0.717, 1.165) is 17.7 Å². The fourth-order valence-corrected chi connectivity index (χ4v) is 1.43. The number of carbonyl (C=O) groups is 1. The van der Waals surface area contributed by atoms with E-state index in [4.69, 9.17) is 4.74 Å². The van der Waals surface area contributed by atoms with E-state index in [9.17, 15) is 4.79 Å². The van der Waals surface area contributed by atoms with E-state index in [1.165, 1.54) is 7.11 Å². The van der Waals surface area contributed by atoms with Gasteiger partial charge in [-0.2, -0.15) is 4.98 Å². The van der Waals surface area contributed by atoms with Gasteiger partial charge in [0.25, 0.3) is 0 Å². The molecule has 4 heteroatoms. The highest BCUT2D eigenvalue weighted by Crippen LogP contribution is 2.17. The maximum atomic E-state index is 11.1. The van der Waals surface area contributed by atoms with Crippen LogP contribution in [0.25, 0.3) is 0 Å². The minimum atomic E-state index is 0.244. The highest BCUT2D eigenvalue weighted by atomic mass is 16.5. The Hall–Kier alpha value is -1.45. The predicted molar refractivity (Wildman–Crippen MR) is 45.6 cm³/mol. The Balaban J connectivity index is 2.38. The minimum absolute atomic E-state index is 0.244. The summed E-state index contributed by atoms with van der Waals surface area (Å²) in [6.45, 7) is 0. The van der Waals surface area contributed by atoms with Crippen molar-refractivity contribution in [3.8, 4) is 6.01 Å². The zero-order valence-electron chi connectivity index (χ0n) is 7.41. The number of carbonyl (C=O) groups excluding carboxylic acids is 1. The van der Waals surface area contributed by atoms with Gasteiger partial charge in [-0.1, -0.05) is 0 Å². The lowest BCUT2D eigenvalue weighted by Crippen LogP contribution is -2.15. The molecule has 0 bridgehead atoms. The largest absolute Gasteiger partial charge is 0.467 e.